The topological polar surface area (TPSA) is 63.2 Å². The Labute approximate surface area is 130 Å². The van der Waals surface area contributed by atoms with Crippen molar-refractivity contribution in [3.63, 3.8) is 0 Å². The number of nitrogens with zero attached hydrogens (tertiary/aromatic N) is 1. The number of amides is 1. The number of rotatable bonds is 9. The number of hydrogen-bond donors (Lipinski definition) is 2. The third-order valence-electron chi connectivity index (χ3n) is 2.20. The van der Waals surface area contributed by atoms with Crippen LogP contribution in [0.15, 0.2) is 10.9 Å². The van der Waals surface area contributed by atoms with Gasteiger partial charge < -0.3 is 15.4 Å². The Morgan fingerprint density at radius 3 is 2.79 bits per heavy atom. The summed E-state index contributed by atoms with van der Waals surface area (Å²) in [6, 6.07) is 0. The lowest BCUT2D eigenvalue weighted by Gasteiger charge is -2.05. The normalized spacial score (nSPS) is 9.32. The van der Waals surface area contributed by atoms with Crippen LogP contribution in [0.4, 0.5) is 0 Å². The maximum absolute atomic E-state index is 11.4. The van der Waals surface area contributed by atoms with Crippen LogP contribution in [-0.4, -0.2) is 44.2 Å². The first-order valence-electron chi connectivity index (χ1n) is 5.66. The van der Waals surface area contributed by atoms with Crippen LogP contribution in [0, 0.1) is 0 Å². The van der Waals surface area contributed by atoms with Gasteiger partial charge in [-0.05, 0) is 6.42 Å². The van der Waals surface area contributed by atoms with Gasteiger partial charge >= 0.3 is 0 Å². The first kappa shape index (κ1) is 20.9. The molecule has 1 rings (SSSR count). The number of aryl methyl sites for hydroxylation is 1. The predicted octanol–water partition coefficient (Wildman–Crippen LogP) is 1.27. The highest BCUT2D eigenvalue weighted by molar-refractivity contribution is 7.07. The highest BCUT2D eigenvalue weighted by Crippen LogP contribution is 2.03. The SMILES string of the molecule is COCCNCCNC(=O)CCc1cscn1.Cl.Cl. The van der Waals surface area contributed by atoms with Crippen molar-refractivity contribution in [1.82, 2.24) is 15.6 Å². The summed E-state index contributed by atoms with van der Waals surface area (Å²) in [5.41, 5.74) is 2.77. The molecular weight excluding hydrogens is 309 g/mol. The third-order valence-corrected chi connectivity index (χ3v) is 2.83. The van der Waals surface area contributed by atoms with E-state index in [4.69, 9.17) is 4.74 Å². The Bertz CT molecular complexity index is 313. The molecule has 112 valence electrons. The number of nitrogens with one attached hydrogen (secondary N) is 2. The fraction of sp³-hybridized carbons (Fsp3) is 0.636. The van der Waals surface area contributed by atoms with Gasteiger partial charge in [-0.2, -0.15) is 0 Å². The van der Waals surface area contributed by atoms with E-state index in [0.717, 1.165) is 18.8 Å². The van der Waals surface area contributed by atoms with Crippen molar-refractivity contribution >= 4 is 42.1 Å². The van der Waals surface area contributed by atoms with Crippen molar-refractivity contribution in [2.45, 2.75) is 12.8 Å². The summed E-state index contributed by atoms with van der Waals surface area (Å²) < 4.78 is 4.89. The Morgan fingerprint density at radius 2 is 2.16 bits per heavy atom. The lowest BCUT2D eigenvalue weighted by molar-refractivity contribution is -0.121. The van der Waals surface area contributed by atoms with E-state index in [2.05, 4.69) is 15.6 Å². The maximum atomic E-state index is 11.4. The number of halogens is 2. The molecule has 0 saturated heterocycles. The molecule has 1 amide bonds. The van der Waals surface area contributed by atoms with Crippen LogP contribution in [0.1, 0.15) is 12.1 Å². The number of ether oxygens (including phenoxy) is 1. The van der Waals surface area contributed by atoms with Crippen LogP contribution in [0.3, 0.4) is 0 Å². The van der Waals surface area contributed by atoms with E-state index in [1.54, 1.807) is 24.0 Å². The van der Waals surface area contributed by atoms with Crippen molar-refractivity contribution in [3.8, 4) is 0 Å². The van der Waals surface area contributed by atoms with E-state index in [1.165, 1.54) is 0 Å². The van der Waals surface area contributed by atoms with Crippen molar-refractivity contribution in [2.75, 3.05) is 33.4 Å². The predicted molar refractivity (Wildman–Crippen MR) is 82.7 cm³/mol. The van der Waals surface area contributed by atoms with Crippen LogP contribution >= 0.6 is 36.2 Å². The Kier molecular flexibility index (Phi) is 15.4. The average molecular weight is 330 g/mol. The molecular formula is C11H21Cl2N3O2S. The molecule has 1 aromatic heterocycles. The van der Waals surface area contributed by atoms with Crippen LogP contribution in [0.2, 0.25) is 0 Å². The second-order valence-corrected chi connectivity index (χ2v) is 4.29. The first-order chi connectivity index (χ1) is 8.33. The lowest BCUT2D eigenvalue weighted by Crippen LogP contribution is -2.33. The summed E-state index contributed by atoms with van der Waals surface area (Å²) in [5.74, 6) is 0.0755. The summed E-state index contributed by atoms with van der Waals surface area (Å²) >= 11 is 1.56. The van der Waals surface area contributed by atoms with E-state index >= 15 is 0 Å². The van der Waals surface area contributed by atoms with Gasteiger partial charge in [0.25, 0.3) is 0 Å². The summed E-state index contributed by atoms with van der Waals surface area (Å²) in [5, 5.41) is 7.99. The van der Waals surface area contributed by atoms with Gasteiger partial charge in [-0.25, -0.2) is 4.98 Å². The molecule has 0 aliphatic rings. The molecule has 0 fully saturated rings. The Balaban J connectivity index is 0. The summed E-state index contributed by atoms with van der Waals surface area (Å²) in [4.78, 5) is 15.6. The molecule has 0 aromatic carbocycles. The second kappa shape index (κ2) is 14.0. The zero-order valence-electron chi connectivity index (χ0n) is 10.9. The van der Waals surface area contributed by atoms with E-state index < -0.39 is 0 Å². The molecule has 0 unspecified atom stereocenters. The van der Waals surface area contributed by atoms with Crippen LogP contribution in [0.25, 0.3) is 0 Å². The minimum atomic E-state index is 0. The van der Waals surface area contributed by atoms with E-state index in [0.29, 0.717) is 26.0 Å². The minimum Gasteiger partial charge on any atom is -0.383 e. The molecule has 2 N–H and O–H groups in total. The van der Waals surface area contributed by atoms with Crippen LogP contribution in [0.5, 0.6) is 0 Å². The third kappa shape index (κ3) is 11.1. The van der Waals surface area contributed by atoms with Crippen LogP contribution in [-0.2, 0) is 16.0 Å². The van der Waals surface area contributed by atoms with Gasteiger partial charge in [-0.3, -0.25) is 4.79 Å². The molecule has 0 spiro atoms. The minimum absolute atomic E-state index is 0. The number of thiazole rings is 1. The zero-order valence-corrected chi connectivity index (χ0v) is 13.3. The quantitative estimate of drug-likeness (QED) is 0.670. The molecule has 8 heteroatoms. The Hall–Kier alpha value is -0.400. The molecule has 0 aliphatic heterocycles. The number of carbonyl (C=O) groups excluding carboxylic acids is 1. The van der Waals surface area contributed by atoms with Gasteiger partial charge in [0.1, 0.15) is 0 Å². The van der Waals surface area contributed by atoms with Crippen molar-refractivity contribution in [2.24, 2.45) is 0 Å². The molecule has 0 radical (unpaired) electrons. The number of hydrogen-bond acceptors (Lipinski definition) is 5. The molecule has 1 heterocycles. The largest absolute Gasteiger partial charge is 0.383 e. The molecule has 0 aliphatic carbocycles. The van der Waals surface area contributed by atoms with E-state index in [1.807, 2.05) is 5.38 Å². The van der Waals surface area contributed by atoms with Gasteiger partial charge in [0, 0.05) is 38.5 Å². The second-order valence-electron chi connectivity index (χ2n) is 3.57. The van der Waals surface area contributed by atoms with Crippen molar-refractivity contribution in [3.05, 3.63) is 16.6 Å². The lowest BCUT2D eigenvalue weighted by atomic mass is 10.2. The molecule has 19 heavy (non-hydrogen) atoms. The number of carbonyl (C=O) groups is 1. The number of aromatic nitrogens is 1. The van der Waals surface area contributed by atoms with E-state index in [9.17, 15) is 4.79 Å². The smallest absolute Gasteiger partial charge is 0.220 e. The van der Waals surface area contributed by atoms with Crippen LogP contribution < -0.4 is 10.6 Å². The average Bonchev–Trinajstić information content (AvgIpc) is 2.84. The first-order valence-corrected chi connectivity index (χ1v) is 6.60. The zero-order chi connectivity index (χ0) is 12.3. The fourth-order valence-electron chi connectivity index (χ4n) is 1.28. The maximum Gasteiger partial charge on any atom is 0.220 e. The van der Waals surface area contributed by atoms with Crippen molar-refractivity contribution < 1.29 is 9.53 Å². The van der Waals surface area contributed by atoms with E-state index in [-0.39, 0.29) is 30.7 Å². The molecule has 0 atom stereocenters. The van der Waals surface area contributed by atoms with Gasteiger partial charge in [-0.1, -0.05) is 0 Å². The Morgan fingerprint density at radius 1 is 1.37 bits per heavy atom. The highest BCUT2D eigenvalue weighted by Gasteiger charge is 2.02. The molecule has 0 bridgehead atoms. The van der Waals surface area contributed by atoms with Gasteiger partial charge in [0.15, 0.2) is 0 Å². The fourth-order valence-corrected chi connectivity index (χ4v) is 1.87. The number of methoxy groups -OCH3 is 1. The monoisotopic (exact) mass is 329 g/mol. The summed E-state index contributed by atoms with van der Waals surface area (Å²) in [6.07, 6.45) is 1.22. The molecule has 0 saturated carbocycles. The summed E-state index contributed by atoms with van der Waals surface area (Å²) in [7, 11) is 1.67. The standard InChI is InChI=1S/C11H19N3O2S.2ClH/c1-16-7-6-12-4-5-13-11(15)3-2-10-8-17-9-14-10;;/h8-9,12H,2-7H2,1H3,(H,13,15);2*1H. The van der Waals surface area contributed by atoms with Gasteiger partial charge in [0.05, 0.1) is 17.8 Å². The molecule has 5 nitrogen and oxygen atoms in total. The van der Waals surface area contributed by atoms with Gasteiger partial charge in [-0.15, -0.1) is 36.2 Å². The highest BCUT2D eigenvalue weighted by atomic mass is 35.5. The van der Waals surface area contributed by atoms with Crippen molar-refractivity contribution in [1.29, 1.82) is 0 Å². The summed E-state index contributed by atoms with van der Waals surface area (Å²) in [6.45, 7) is 2.92. The molecule has 1 aromatic rings. The van der Waals surface area contributed by atoms with Gasteiger partial charge in [0.2, 0.25) is 5.91 Å².